The third-order valence-electron chi connectivity index (χ3n) is 3.41. The van der Waals surface area contributed by atoms with E-state index in [0.29, 0.717) is 18.9 Å². The molecule has 0 fully saturated rings. The molecule has 1 aromatic heterocycles. The van der Waals surface area contributed by atoms with Crippen molar-refractivity contribution in [3.8, 4) is 0 Å². The SMILES string of the molecule is CCc1nc(NC(=O)CCC(CC)CCN)sc1C. The van der Waals surface area contributed by atoms with Crippen LogP contribution in [0.15, 0.2) is 0 Å². The van der Waals surface area contributed by atoms with Gasteiger partial charge in [0.05, 0.1) is 5.69 Å². The number of anilines is 1. The zero-order chi connectivity index (χ0) is 14.3. The van der Waals surface area contributed by atoms with E-state index in [-0.39, 0.29) is 5.91 Å². The summed E-state index contributed by atoms with van der Waals surface area (Å²) in [6.45, 7) is 6.97. The van der Waals surface area contributed by atoms with Gasteiger partial charge < -0.3 is 11.1 Å². The molecule has 19 heavy (non-hydrogen) atoms. The van der Waals surface area contributed by atoms with Crippen LogP contribution >= 0.6 is 11.3 Å². The van der Waals surface area contributed by atoms with Crippen LogP contribution in [0, 0.1) is 12.8 Å². The van der Waals surface area contributed by atoms with Crippen LogP contribution in [0.25, 0.3) is 0 Å². The molecule has 0 saturated carbocycles. The number of nitrogens with two attached hydrogens (primary N) is 1. The van der Waals surface area contributed by atoms with E-state index in [2.05, 4.69) is 24.1 Å². The molecule has 108 valence electrons. The molecule has 0 spiro atoms. The first-order valence-electron chi connectivity index (χ1n) is 7.06. The van der Waals surface area contributed by atoms with Crippen LogP contribution in [-0.2, 0) is 11.2 Å². The Bertz CT molecular complexity index is 403. The van der Waals surface area contributed by atoms with Crippen LogP contribution in [-0.4, -0.2) is 17.4 Å². The van der Waals surface area contributed by atoms with Crippen molar-refractivity contribution in [2.45, 2.75) is 52.9 Å². The molecule has 0 saturated heterocycles. The number of hydrogen-bond donors (Lipinski definition) is 2. The molecule has 0 radical (unpaired) electrons. The summed E-state index contributed by atoms with van der Waals surface area (Å²) in [5.74, 6) is 0.617. The number of carbonyl (C=O) groups excluding carboxylic acids is 1. The van der Waals surface area contributed by atoms with Gasteiger partial charge in [-0.1, -0.05) is 20.3 Å². The minimum Gasteiger partial charge on any atom is -0.330 e. The highest BCUT2D eigenvalue weighted by Gasteiger charge is 2.12. The highest BCUT2D eigenvalue weighted by atomic mass is 32.1. The standard InChI is InChI=1S/C14H25N3OS/c1-4-11(8-9-15)6-7-13(18)17-14-16-12(5-2)10(3)19-14/h11H,4-9,15H2,1-3H3,(H,16,17,18). The third-order valence-corrected chi connectivity index (χ3v) is 4.33. The van der Waals surface area contributed by atoms with Gasteiger partial charge in [0.15, 0.2) is 5.13 Å². The number of hydrogen-bond acceptors (Lipinski definition) is 4. The van der Waals surface area contributed by atoms with Crippen LogP contribution in [0.2, 0.25) is 0 Å². The van der Waals surface area contributed by atoms with E-state index in [1.807, 2.05) is 6.92 Å². The molecule has 4 nitrogen and oxygen atoms in total. The Balaban J connectivity index is 2.41. The number of thiazole rings is 1. The summed E-state index contributed by atoms with van der Waals surface area (Å²) in [5.41, 5.74) is 6.64. The molecule has 1 rings (SSSR count). The molecule has 0 aliphatic carbocycles. The Kier molecular flexibility index (Phi) is 7.02. The molecule has 5 heteroatoms. The largest absolute Gasteiger partial charge is 0.330 e. The number of aromatic nitrogens is 1. The van der Waals surface area contributed by atoms with E-state index in [4.69, 9.17) is 5.73 Å². The molecule has 0 bridgehead atoms. The molecule has 0 aromatic carbocycles. The minimum atomic E-state index is 0.0619. The number of aryl methyl sites for hydroxylation is 2. The van der Waals surface area contributed by atoms with Crippen molar-refractivity contribution in [3.05, 3.63) is 10.6 Å². The number of carbonyl (C=O) groups is 1. The maximum Gasteiger partial charge on any atom is 0.226 e. The van der Waals surface area contributed by atoms with Crippen LogP contribution < -0.4 is 11.1 Å². The first-order chi connectivity index (χ1) is 9.10. The topological polar surface area (TPSA) is 68.0 Å². The molecule has 1 heterocycles. The van der Waals surface area contributed by atoms with Crippen molar-refractivity contribution < 1.29 is 4.79 Å². The molecule has 1 amide bonds. The fourth-order valence-electron chi connectivity index (χ4n) is 2.11. The van der Waals surface area contributed by atoms with Gasteiger partial charge in [0.1, 0.15) is 0 Å². The second kappa shape index (κ2) is 8.27. The first-order valence-corrected chi connectivity index (χ1v) is 7.88. The van der Waals surface area contributed by atoms with E-state index in [1.165, 1.54) is 4.88 Å². The quantitative estimate of drug-likeness (QED) is 0.770. The van der Waals surface area contributed by atoms with Crippen molar-refractivity contribution in [1.29, 1.82) is 0 Å². The fraction of sp³-hybridized carbons (Fsp3) is 0.714. The summed E-state index contributed by atoms with van der Waals surface area (Å²) in [7, 11) is 0. The molecule has 1 atom stereocenters. The monoisotopic (exact) mass is 283 g/mol. The Hall–Kier alpha value is -0.940. The van der Waals surface area contributed by atoms with Gasteiger partial charge in [-0.05, 0) is 38.6 Å². The lowest BCUT2D eigenvalue weighted by Gasteiger charge is -2.12. The van der Waals surface area contributed by atoms with E-state index in [0.717, 1.165) is 36.5 Å². The molecule has 0 aliphatic heterocycles. The maximum absolute atomic E-state index is 11.9. The Morgan fingerprint density at radius 1 is 1.42 bits per heavy atom. The van der Waals surface area contributed by atoms with Crippen molar-refractivity contribution in [2.24, 2.45) is 11.7 Å². The Labute approximate surface area is 119 Å². The predicted octanol–water partition coefficient (Wildman–Crippen LogP) is 3.11. The Morgan fingerprint density at radius 3 is 2.68 bits per heavy atom. The van der Waals surface area contributed by atoms with E-state index in [9.17, 15) is 4.79 Å². The van der Waals surface area contributed by atoms with Gasteiger partial charge in [-0.15, -0.1) is 11.3 Å². The van der Waals surface area contributed by atoms with Crippen molar-refractivity contribution in [1.82, 2.24) is 4.98 Å². The van der Waals surface area contributed by atoms with Crippen LogP contribution in [0.3, 0.4) is 0 Å². The molecule has 1 aromatic rings. The lowest BCUT2D eigenvalue weighted by atomic mass is 9.96. The predicted molar refractivity (Wildman–Crippen MR) is 81.5 cm³/mol. The zero-order valence-corrected chi connectivity index (χ0v) is 13.0. The lowest BCUT2D eigenvalue weighted by Crippen LogP contribution is -2.15. The number of nitrogens with zero attached hydrogens (tertiary/aromatic N) is 1. The summed E-state index contributed by atoms with van der Waals surface area (Å²) in [4.78, 5) is 17.5. The zero-order valence-electron chi connectivity index (χ0n) is 12.2. The minimum absolute atomic E-state index is 0.0619. The summed E-state index contributed by atoms with van der Waals surface area (Å²) in [5, 5.41) is 3.62. The van der Waals surface area contributed by atoms with Gasteiger partial charge in [-0.2, -0.15) is 0 Å². The fourth-order valence-corrected chi connectivity index (χ4v) is 3.03. The van der Waals surface area contributed by atoms with Crippen molar-refractivity contribution in [2.75, 3.05) is 11.9 Å². The van der Waals surface area contributed by atoms with Crippen LogP contribution in [0.4, 0.5) is 5.13 Å². The molecule has 0 aliphatic rings. The Morgan fingerprint density at radius 2 is 2.16 bits per heavy atom. The van der Waals surface area contributed by atoms with Gasteiger partial charge in [-0.25, -0.2) is 4.98 Å². The van der Waals surface area contributed by atoms with Gasteiger partial charge >= 0.3 is 0 Å². The maximum atomic E-state index is 11.9. The van der Waals surface area contributed by atoms with Crippen LogP contribution in [0.1, 0.15) is 50.1 Å². The van der Waals surface area contributed by atoms with E-state index >= 15 is 0 Å². The normalized spacial score (nSPS) is 12.4. The summed E-state index contributed by atoms with van der Waals surface area (Å²) in [6, 6.07) is 0. The van der Waals surface area contributed by atoms with Gasteiger partial charge in [0, 0.05) is 11.3 Å². The highest BCUT2D eigenvalue weighted by molar-refractivity contribution is 7.15. The van der Waals surface area contributed by atoms with Crippen LogP contribution in [0.5, 0.6) is 0 Å². The third kappa shape index (κ3) is 5.28. The number of amides is 1. The van der Waals surface area contributed by atoms with Crippen molar-refractivity contribution >= 4 is 22.4 Å². The van der Waals surface area contributed by atoms with Gasteiger partial charge in [0.2, 0.25) is 5.91 Å². The second-order valence-electron chi connectivity index (χ2n) is 4.81. The highest BCUT2D eigenvalue weighted by Crippen LogP contribution is 2.23. The average Bonchev–Trinajstić information content (AvgIpc) is 2.74. The summed E-state index contributed by atoms with van der Waals surface area (Å²) >= 11 is 1.55. The molecular weight excluding hydrogens is 258 g/mol. The average molecular weight is 283 g/mol. The van der Waals surface area contributed by atoms with Gasteiger partial charge in [-0.3, -0.25) is 4.79 Å². The lowest BCUT2D eigenvalue weighted by molar-refractivity contribution is -0.116. The number of nitrogens with one attached hydrogen (secondary N) is 1. The first kappa shape index (κ1) is 16.1. The smallest absolute Gasteiger partial charge is 0.226 e. The molecule has 1 unspecified atom stereocenters. The number of rotatable bonds is 8. The van der Waals surface area contributed by atoms with E-state index < -0.39 is 0 Å². The molecular formula is C14H25N3OS. The van der Waals surface area contributed by atoms with Crippen molar-refractivity contribution in [3.63, 3.8) is 0 Å². The summed E-state index contributed by atoms with van der Waals surface area (Å²) < 4.78 is 0. The summed E-state index contributed by atoms with van der Waals surface area (Å²) in [6.07, 6.45) is 4.46. The van der Waals surface area contributed by atoms with Gasteiger partial charge in [0.25, 0.3) is 0 Å². The molecule has 3 N–H and O–H groups in total. The van der Waals surface area contributed by atoms with E-state index in [1.54, 1.807) is 11.3 Å². The second-order valence-corrected chi connectivity index (χ2v) is 6.02.